The molecule has 0 atom stereocenters. The number of hydrogen-bond acceptors (Lipinski definition) is 8. The zero-order valence-electron chi connectivity index (χ0n) is 24.3. The topological polar surface area (TPSA) is 119 Å². The van der Waals surface area contributed by atoms with Crippen molar-refractivity contribution in [3.05, 3.63) is 50.4 Å². The molecule has 1 N–H and O–H groups in total. The summed E-state index contributed by atoms with van der Waals surface area (Å²) < 4.78 is 12.4. The lowest BCUT2D eigenvalue weighted by molar-refractivity contribution is -0.127. The quantitative estimate of drug-likeness (QED) is 0.355. The first kappa shape index (κ1) is 31.3. The van der Waals surface area contributed by atoms with E-state index in [0.29, 0.717) is 55.1 Å². The fourth-order valence-corrected chi connectivity index (χ4v) is 5.57. The second-order valence-electron chi connectivity index (χ2n) is 10.2. The molecule has 0 radical (unpaired) electrons. The van der Waals surface area contributed by atoms with Crippen LogP contribution in [-0.4, -0.2) is 83.1 Å². The molecule has 1 aliphatic rings. The van der Waals surface area contributed by atoms with Gasteiger partial charge in [0.05, 0.1) is 29.8 Å². The van der Waals surface area contributed by atoms with Gasteiger partial charge >= 0.3 is 0 Å². The van der Waals surface area contributed by atoms with Gasteiger partial charge in [0.1, 0.15) is 17.1 Å². The van der Waals surface area contributed by atoms with Gasteiger partial charge in [-0.2, -0.15) is 4.98 Å². The van der Waals surface area contributed by atoms with Gasteiger partial charge in [0.25, 0.3) is 5.56 Å². The van der Waals surface area contributed by atoms with Gasteiger partial charge in [0.2, 0.25) is 17.8 Å². The molecule has 11 nitrogen and oxygen atoms in total. The average Bonchev–Trinajstić information content (AvgIpc) is 2.94. The lowest BCUT2D eigenvalue weighted by atomic mass is 10.0. The second kappa shape index (κ2) is 13.5. The van der Waals surface area contributed by atoms with Crippen LogP contribution in [0.1, 0.15) is 27.2 Å². The number of fused-ring (bicyclic) bond motifs is 1. The van der Waals surface area contributed by atoms with Crippen molar-refractivity contribution in [2.75, 3.05) is 52.3 Å². The predicted molar refractivity (Wildman–Crippen MR) is 164 cm³/mol. The maximum Gasteiger partial charge on any atom is 0.260 e. The smallest absolute Gasteiger partial charge is 0.260 e. The van der Waals surface area contributed by atoms with Crippen LogP contribution in [0.4, 0.5) is 5.95 Å². The van der Waals surface area contributed by atoms with E-state index in [1.165, 1.54) is 27.3 Å². The van der Waals surface area contributed by atoms with Crippen LogP contribution >= 0.6 is 23.2 Å². The van der Waals surface area contributed by atoms with E-state index in [4.69, 9.17) is 32.7 Å². The molecule has 2 aromatic heterocycles. The first-order valence-electron chi connectivity index (χ1n) is 13.5. The van der Waals surface area contributed by atoms with Crippen molar-refractivity contribution >= 4 is 52.0 Å². The van der Waals surface area contributed by atoms with Crippen molar-refractivity contribution < 1.29 is 19.1 Å². The molecule has 1 aliphatic heterocycles. The van der Waals surface area contributed by atoms with Crippen molar-refractivity contribution in [2.24, 2.45) is 0 Å². The van der Waals surface area contributed by atoms with Crippen LogP contribution in [-0.2, 0) is 16.1 Å². The molecule has 3 aromatic rings. The van der Waals surface area contributed by atoms with Crippen LogP contribution in [0.5, 0.6) is 11.5 Å². The van der Waals surface area contributed by atoms with Crippen molar-refractivity contribution in [1.29, 1.82) is 0 Å². The van der Waals surface area contributed by atoms with Crippen molar-refractivity contribution in [3.63, 3.8) is 0 Å². The van der Waals surface area contributed by atoms with Crippen LogP contribution in [0.25, 0.3) is 22.2 Å². The number of anilines is 1. The van der Waals surface area contributed by atoms with E-state index in [-0.39, 0.29) is 44.5 Å². The summed E-state index contributed by atoms with van der Waals surface area (Å²) in [4.78, 5) is 50.9. The Morgan fingerprint density at radius 3 is 2.21 bits per heavy atom. The van der Waals surface area contributed by atoms with Crippen molar-refractivity contribution in [3.8, 4) is 22.6 Å². The lowest BCUT2D eigenvalue weighted by Crippen LogP contribution is -2.48. The normalized spacial score (nSPS) is 13.6. The number of hydrogen-bond donors (Lipinski definition) is 1. The van der Waals surface area contributed by atoms with Crippen LogP contribution in [0.2, 0.25) is 10.0 Å². The monoisotopic (exact) mass is 616 g/mol. The van der Waals surface area contributed by atoms with E-state index >= 15 is 0 Å². The number of carbonyl (C=O) groups is 2. The third-order valence-corrected chi connectivity index (χ3v) is 7.66. The molecule has 42 heavy (non-hydrogen) atoms. The molecule has 1 fully saturated rings. The summed E-state index contributed by atoms with van der Waals surface area (Å²) in [6.45, 7) is 8.97. The number of rotatable bonds is 9. The number of ether oxygens (including phenoxy) is 2. The zero-order chi connectivity index (χ0) is 30.6. The molecule has 3 heterocycles. The average molecular weight is 618 g/mol. The van der Waals surface area contributed by atoms with E-state index in [1.54, 1.807) is 22.8 Å². The van der Waals surface area contributed by atoms with Gasteiger partial charge in [-0.25, -0.2) is 4.98 Å². The molecule has 0 unspecified atom stereocenters. The molecule has 2 amide bonds. The highest BCUT2D eigenvalue weighted by atomic mass is 35.5. The van der Waals surface area contributed by atoms with E-state index < -0.39 is 0 Å². The summed E-state index contributed by atoms with van der Waals surface area (Å²) in [6, 6.07) is 3.18. The summed E-state index contributed by atoms with van der Waals surface area (Å²) in [6.07, 6.45) is 3.82. The fourth-order valence-electron chi connectivity index (χ4n) is 4.87. The van der Waals surface area contributed by atoms with Gasteiger partial charge in [-0.15, -0.1) is 0 Å². The number of aromatic nitrogens is 3. The fraction of sp³-hybridized carbons (Fsp3) is 0.414. The number of nitrogens with zero attached hydrogens (tertiary/aromatic N) is 5. The maximum atomic E-state index is 14.1. The number of nitrogens with one attached hydrogen (secondary N) is 1. The number of allylic oxidation sites excluding steroid dienone is 1. The number of methoxy groups -OCH3 is 2. The number of halogens is 2. The molecule has 4 rings (SSSR count). The van der Waals surface area contributed by atoms with Gasteiger partial charge in [0, 0.05) is 68.9 Å². The third-order valence-electron chi connectivity index (χ3n) is 6.91. The first-order chi connectivity index (χ1) is 20.0. The number of benzene rings is 1. The van der Waals surface area contributed by atoms with E-state index in [0.717, 1.165) is 18.7 Å². The molecule has 13 heteroatoms. The zero-order valence-corrected chi connectivity index (χ0v) is 25.8. The molecular weight excluding hydrogens is 583 g/mol. The molecule has 0 spiro atoms. The number of amides is 2. The molecule has 0 saturated carbocycles. The van der Waals surface area contributed by atoms with Gasteiger partial charge in [0.15, 0.2) is 0 Å². The largest absolute Gasteiger partial charge is 0.495 e. The van der Waals surface area contributed by atoms with Crippen molar-refractivity contribution in [2.45, 2.75) is 33.7 Å². The minimum atomic E-state index is -0.369. The van der Waals surface area contributed by atoms with Crippen molar-refractivity contribution in [1.82, 2.24) is 24.3 Å². The van der Waals surface area contributed by atoms with Crippen LogP contribution in [0.15, 0.2) is 34.8 Å². The number of aryl methyl sites for hydroxylation is 1. The molecular formula is C29H34Cl2N6O5. The summed E-state index contributed by atoms with van der Waals surface area (Å²) in [5, 5.41) is 3.47. The highest BCUT2D eigenvalue weighted by molar-refractivity contribution is 6.41. The Bertz CT molecular complexity index is 1570. The molecule has 224 valence electrons. The Morgan fingerprint density at radius 2 is 1.64 bits per heavy atom. The highest BCUT2D eigenvalue weighted by Gasteiger charge is 2.24. The Balaban J connectivity index is 1.68. The Morgan fingerprint density at radius 1 is 1.00 bits per heavy atom. The number of piperazine rings is 1. The molecule has 1 aromatic carbocycles. The number of pyridine rings is 1. The first-order valence-corrected chi connectivity index (χ1v) is 14.2. The van der Waals surface area contributed by atoms with Gasteiger partial charge in [-0.05, 0) is 32.9 Å². The van der Waals surface area contributed by atoms with Crippen LogP contribution in [0.3, 0.4) is 0 Å². The Labute approximate surface area is 254 Å². The Kier molecular flexibility index (Phi) is 10.1. The number of carbonyl (C=O) groups excluding carboxylic acids is 2. The lowest BCUT2D eigenvalue weighted by Gasteiger charge is -2.34. The third kappa shape index (κ3) is 6.86. The van der Waals surface area contributed by atoms with E-state index in [9.17, 15) is 14.4 Å². The summed E-state index contributed by atoms with van der Waals surface area (Å²) in [5.74, 6) is 0.402. The van der Waals surface area contributed by atoms with E-state index in [2.05, 4.69) is 20.2 Å². The maximum absolute atomic E-state index is 14.1. The van der Waals surface area contributed by atoms with Crippen LogP contribution < -0.4 is 20.3 Å². The molecule has 1 saturated heterocycles. The standard InChI is InChI=1S/C29H34Cl2N6O5/c1-17(2)13-23(39)36-11-9-35(10-12-36)7-6-8-37-27-19(16-32-29(34-27)33-18(3)38)14-20(28(37)40)24-25(30)21(41-4)15-22(42-5)26(24)31/h13-16H,6-12H2,1-5H3,(H,32,33,34,38). The predicted octanol–water partition coefficient (Wildman–Crippen LogP) is 4.24. The SMILES string of the molecule is COc1cc(OC)c(Cl)c(-c2cc3cnc(NC(C)=O)nc3n(CCCN3CCN(C(=O)C=C(C)C)CC3)c2=O)c1Cl. The second-order valence-corrected chi connectivity index (χ2v) is 11.0. The Hall–Kier alpha value is -3.67. The summed E-state index contributed by atoms with van der Waals surface area (Å²) in [7, 11) is 2.93. The van der Waals surface area contributed by atoms with Crippen LogP contribution in [0, 0.1) is 0 Å². The van der Waals surface area contributed by atoms with Gasteiger partial charge in [-0.3, -0.25) is 29.2 Å². The molecule has 0 aliphatic carbocycles. The molecule has 0 bridgehead atoms. The minimum absolute atomic E-state index is 0.0330. The summed E-state index contributed by atoms with van der Waals surface area (Å²) >= 11 is 13.3. The summed E-state index contributed by atoms with van der Waals surface area (Å²) in [5.41, 5.74) is 1.48. The van der Waals surface area contributed by atoms with E-state index in [1.807, 2.05) is 18.7 Å². The highest BCUT2D eigenvalue weighted by Crippen LogP contribution is 2.45. The minimum Gasteiger partial charge on any atom is -0.495 e. The van der Waals surface area contributed by atoms with Gasteiger partial charge < -0.3 is 14.4 Å². The van der Waals surface area contributed by atoms with Gasteiger partial charge in [-0.1, -0.05) is 28.8 Å².